The Balaban J connectivity index is 1.57. The van der Waals surface area contributed by atoms with Gasteiger partial charge in [-0.3, -0.25) is 19.1 Å². The van der Waals surface area contributed by atoms with E-state index in [1.165, 1.54) is 10.8 Å². The molecule has 8 heteroatoms. The number of rotatable bonds is 7. The fourth-order valence-electron chi connectivity index (χ4n) is 3.59. The highest BCUT2D eigenvalue weighted by atomic mass is 16.5. The van der Waals surface area contributed by atoms with Crippen LogP contribution in [-0.4, -0.2) is 32.8 Å². The van der Waals surface area contributed by atoms with Gasteiger partial charge in [-0.25, -0.2) is 4.79 Å². The number of carbonyl (C=O) groups is 1. The number of nitrogens with zero attached hydrogens (tertiary/aromatic N) is 1. The largest absolute Gasteiger partial charge is 0.390 e. The molecule has 1 fully saturated rings. The van der Waals surface area contributed by atoms with Crippen molar-refractivity contribution in [2.75, 3.05) is 0 Å². The van der Waals surface area contributed by atoms with Gasteiger partial charge in [0.15, 0.2) is 0 Å². The zero-order valence-corrected chi connectivity index (χ0v) is 16.6. The Morgan fingerprint density at radius 2 is 2.07 bits per heavy atom. The Morgan fingerprint density at radius 3 is 2.76 bits per heavy atom. The molecule has 2 heterocycles. The Morgan fingerprint density at radius 1 is 1.34 bits per heavy atom. The molecule has 156 valence electrons. The summed E-state index contributed by atoms with van der Waals surface area (Å²) in [6.07, 6.45) is 0.954. The maximum Gasteiger partial charge on any atom is 0.330 e. The minimum atomic E-state index is -0.789. The van der Waals surface area contributed by atoms with Crippen molar-refractivity contribution in [1.29, 1.82) is 0 Å². The molecule has 3 N–H and O–H groups in total. The number of benzene rings is 1. The summed E-state index contributed by atoms with van der Waals surface area (Å²) in [5.74, 6) is -0.114. The Kier molecular flexibility index (Phi) is 6.66. The highest BCUT2D eigenvalue weighted by molar-refractivity contribution is 5.76. The van der Waals surface area contributed by atoms with E-state index in [0.717, 1.165) is 12.0 Å². The molecule has 2 aromatic rings. The molecule has 1 amide bonds. The van der Waals surface area contributed by atoms with E-state index in [-0.39, 0.29) is 24.8 Å². The number of aromatic amines is 1. The molecule has 8 nitrogen and oxygen atoms in total. The maximum atomic E-state index is 12.4. The van der Waals surface area contributed by atoms with E-state index in [0.29, 0.717) is 12.0 Å². The molecule has 1 unspecified atom stereocenters. The average Bonchev–Trinajstić information content (AvgIpc) is 3.08. The van der Waals surface area contributed by atoms with Gasteiger partial charge in [-0.1, -0.05) is 37.3 Å². The van der Waals surface area contributed by atoms with Gasteiger partial charge in [0.05, 0.1) is 18.2 Å². The topological polar surface area (TPSA) is 113 Å². The normalized spacial score (nSPS) is 22.4. The van der Waals surface area contributed by atoms with Crippen molar-refractivity contribution in [1.82, 2.24) is 14.9 Å². The van der Waals surface area contributed by atoms with Crippen LogP contribution in [0.3, 0.4) is 0 Å². The zero-order valence-electron chi connectivity index (χ0n) is 16.6. The number of aryl methyl sites for hydroxylation is 1. The number of hydrogen-bond donors (Lipinski definition) is 3. The first-order valence-electron chi connectivity index (χ1n) is 9.89. The van der Waals surface area contributed by atoms with Gasteiger partial charge in [0, 0.05) is 24.6 Å². The number of nitrogens with one attached hydrogen (secondary N) is 2. The lowest BCUT2D eigenvalue weighted by Gasteiger charge is -2.19. The number of aliphatic hydroxyl groups is 1. The number of H-pyrrole nitrogens is 1. The lowest BCUT2D eigenvalue weighted by Crippen LogP contribution is -2.33. The Bertz CT molecular complexity index is 953. The second-order valence-electron chi connectivity index (χ2n) is 7.39. The second-order valence-corrected chi connectivity index (χ2v) is 7.39. The molecule has 3 rings (SSSR count). The first-order chi connectivity index (χ1) is 13.9. The molecule has 1 saturated heterocycles. The summed E-state index contributed by atoms with van der Waals surface area (Å²) in [7, 11) is 0. The fourth-order valence-corrected chi connectivity index (χ4v) is 3.59. The van der Waals surface area contributed by atoms with E-state index < -0.39 is 29.7 Å². The molecule has 0 bridgehead atoms. The molecule has 0 aliphatic carbocycles. The van der Waals surface area contributed by atoms with Crippen LogP contribution in [0.2, 0.25) is 0 Å². The van der Waals surface area contributed by atoms with Gasteiger partial charge in [0.25, 0.3) is 5.56 Å². The summed E-state index contributed by atoms with van der Waals surface area (Å²) in [6, 6.07) is 9.71. The smallest absolute Gasteiger partial charge is 0.330 e. The highest BCUT2D eigenvalue weighted by Crippen LogP contribution is 2.30. The van der Waals surface area contributed by atoms with E-state index in [9.17, 15) is 19.5 Å². The minimum Gasteiger partial charge on any atom is -0.390 e. The highest BCUT2D eigenvalue weighted by Gasteiger charge is 2.35. The van der Waals surface area contributed by atoms with Crippen molar-refractivity contribution in [3.05, 3.63) is 68.5 Å². The van der Waals surface area contributed by atoms with Crippen LogP contribution >= 0.6 is 0 Å². The first-order valence-corrected chi connectivity index (χ1v) is 9.89. The number of aliphatic hydroxyl groups excluding tert-OH is 1. The third kappa shape index (κ3) is 5.02. The molecule has 0 spiro atoms. The van der Waals surface area contributed by atoms with Crippen LogP contribution in [0, 0.1) is 6.92 Å². The van der Waals surface area contributed by atoms with Crippen molar-refractivity contribution in [3.8, 4) is 0 Å². The van der Waals surface area contributed by atoms with Gasteiger partial charge in [-0.2, -0.15) is 0 Å². The minimum absolute atomic E-state index is 0.0615. The molecule has 0 saturated carbocycles. The van der Waals surface area contributed by atoms with E-state index >= 15 is 0 Å². The van der Waals surface area contributed by atoms with Gasteiger partial charge in [0.1, 0.15) is 6.23 Å². The van der Waals surface area contributed by atoms with Crippen molar-refractivity contribution >= 4 is 5.91 Å². The molecular formula is C21H27N3O5. The standard InChI is InChI=1S/C21H27N3O5/c1-3-15(14-7-5-4-6-8-14)22-18(26)10-9-17-16(25)11-19(29-17)24-12-13(2)20(27)23-21(24)28/h4-8,12,15-17,19,25H,3,9-11H2,1-2H3,(H,22,26)(H,23,27,28)/t15?,16-,17+,19+/m0/s1. The number of hydrogen-bond acceptors (Lipinski definition) is 5. The van der Waals surface area contributed by atoms with E-state index in [4.69, 9.17) is 4.74 Å². The Labute approximate surface area is 168 Å². The Hall–Kier alpha value is -2.71. The molecular weight excluding hydrogens is 374 g/mol. The van der Waals surface area contributed by atoms with Gasteiger partial charge in [0.2, 0.25) is 5.91 Å². The summed E-state index contributed by atoms with van der Waals surface area (Å²) in [6.45, 7) is 3.61. The summed E-state index contributed by atoms with van der Waals surface area (Å²) >= 11 is 0. The molecule has 0 radical (unpaired) electrons. The average molecular weight is 401 g/mol. The molecule has 1 aromatic carbocycles. The van der Waals surface area contributed by atoms with Crippen molar-refractivity contribution in [2.45, 2.75) is 64.0 Å². The lowest BCUT2D eigenvalue weighted by atomic mass is 10.0. The van der Waals surface area contributed by atoms with E-state index in [1.807, 2.05) is 37.3 Å². The summed E-state index contributed by atoms with van der Waals surface area (Å²) in [4.78, 5) is 38.2. The summed E-state index contributed by atoms with van der Waals surface area (Å²) in [5.41, 5.74) is 0.414. The van der Waals surface area contributed by atoms with Crippen LogP contribution in [0.15, 0.2) is 46.1 Å². The molecule has 4 atom stereocenters. The van der Waals surface area contributed by atoms with Crippen LogP contribution in [0.5, 0.6) is 0 Å². The van der Waals surface area contributed by atoms with Gasteiger partial charge >= 0.3 is 5.69 Å². The first kappa shape index (κ1) is 21.0. The van der Waals surface area contributed by atoms with Crippen LogP contribution in [-0.2, 0) is 9.53 Å². The third-order valence-electron chi connectivity index (χ3n) is 5.26. The van der Waals surface area contributed by atoms with Crippen LogP contribution < -0.4 is 16.6 Å². The predicted molar refractivity (Wildman–Crippen MR) is 107 cm³/mol. The summed E-state index contributed by atoms with van der Waals surface area (Å²) < 4.78 is 7.09. The van der Waals surface area contributed by atoms with Crippen LogP contribution in [0.1, 0.15) is 56.0 Å². The fraction of sp³-hybridized carbons (Fsp3) is 0.476. The van der Waals surface area contributed by atoms with Crippen molar-refractivity contribution < 1.29 is 14.6 Å². The molecule has 1 aliphatic heterocycles. The quantitative estimate of drug-likeness (QED) is 0.651. The lowest BCUT2D eigenvalue weighted by molar-refractivity contribution is -0.123. The number of ether oxygens (including phenoxy) is 1. The SMILES string of the molecule is CCC(NC(=O)CC[C@H]1O[C@@H](n2cc(C)c(=O)[nH]c2=O)C[C@@H]1O)c1ccccc1. The number of carbonyl (C=O) groups excluding carboxylic acids is 1. The predicted octanol–water partition coefficient (Wildman–Crippen LogP) is 1.54. The summed E-state index contributed by atoms with van der Waals surface area (Å²) in [5, 5.41) is 13.3. The van der Waals surface area contributed by atoms with E-state index in [2.05, 4.69) is 10.3 Å². The molecule has 1 aromatic heterocycles. The van der Waals surface area contributed by atoms with Crippen LogP contribution in [0.25, 0.3) is 0 Å². The molecule has 29 heavy (non-hydrogen) atoms. The number of aromatic nitrogens is 2. The van der Waals surface area contributed by atoms with Gasteiger partial charge in [-0.15, -0.1) is 0 Å². The number of amides is 1. The van der Waals surface area contributed by atoms with E-state index in [1.54, 1.807) is 6.92 Å². The monoisotopic (exact) mass is 401 g/mol. The third-order valence-corrected chi connectivity index (χ3v) is 5.26. The second kappa shape index (κ2) is 9.19. The molecule has 1 aliphatic rings. The van der Waals surface area contributed by atoms with Crippen molar-refractivity contribution in [2.24, 2.45) is 0 Å². The van der Waals surface area contributed by atoms with Crippen molar-refractivity contribution in [3.63, 3.8) is 0 Å². The maximum absolute atomic E-state index is 12.4. The van der Waals surface area contributed by atoms with Gasteiger partial charge < -0.3 is 15.2 Å². The zero-order chi connectivity index (χ0) is 21.0. The van der Waals surface area contributed by atoms with Crippen LogP contribution in [0.4, 0.5) is 0 Å². The van der Waals surface area contributed by atoms with Gasteiger partial charge in [-0.05, 0) is 25.3 Å².